The summed E-state index contributed by atoms with van der Waals surface area (Å²) in [6.07, 6.45) is 3.19. The van der Waals surface area contributed by atoms with Gasteiger partial charge in [0.25, 0.3) is 0 Å². The van der Waals surface area contributed by atoms with E-state index in [-0.39, 0.29) is 0 Å². The lowest BCUT2D eigenvalue weighted by molar-refractivity contribution is -0.0397. The van der Waals surface area contributed by atoms with E-state index in [2.05, 4.69) is 13.8 Å². The Morgan fingerprint density at radius 3 is 2.45 bits per heavy atom. The minimum Gasteiger partial charge on any atom is -0.497 e. The second kappa shape index (κ2) is 7.09. The van der Waals surface area contributed by atoms with Gasteiger partial charge in [-0.15, -0.1) is 0 Å². The molecule has 3 nitrogen and oxygen atoms in total. The molecular formula is C17H26O3. The Kier molecular flexibility index (Phi) is 5.44. The summed E-state index contributed by atoms with van der Waals surface area (Å²) in [5.41, 5.74) is 0.878. The van der Waals surface area contributed by atoms with E-state index in [4.69, 9.17) is 9.47 Å². The van der Waals surface area contributed by atoms with Crippen molar-refractivity contribution in [2.75, 3.05) is 13.7 Å². The summed E-state index contributed by atoms with van der Waals surface area (Å²) in [6.45, 7) is 4.98. The van der Waals surface area contributed by atoms with Gasteiger partial charge < -0.3 is 14.6 Å². The number of benzene rings is 1. The Bertz CT molecular complexity index is 401. The van der Waals surface area contributed by atoms with Gasteiger partial charge in [-0.3, -0.25) is 0 Å². The average Bonchev–Trinajstić information content (AvgIpc) is 2.48. The molecule has 1 aliphatic carbocycles. The molecular weight excluding hydrogens is 252 g/mol. The second-order valence-electron chi connectivity index (χ2n) is 6.01. The van der Waals surface area contributed by atoms with Gasteiger partial charge >= 0.3 is 0 Å². The molecule has 1 aromatic carbocycles. The highest BCUT2D eigenvalue weighted by molar-refractivity contribution is 5.28. The maximum Gasteiger partial charge on any atom is 0.118 e. The SMILES string of the molecule is COc1ccc(C(O)COC2CCC(C)C(C)C2)cc1. The van der Waals surface area contributed by atoms with Crippen molar-refractivity contribution in [3.8, 4) is 5.75 Å². The predicted molar refractivity (Wildman–Crippen MR) is 79.9 cm³/mol. The van der Waals surface area contributed by atoms with Gasteiger partial charge in [0.2, 0.25) is 0 Å². The van der Waals surface area contributed by atoms with Crippen molar-refractivity contribution in [3.63, 3.8) is 0 Å². The second-order valence-corrected chi connectivity index (χ2v) is 6.01. The van der Waals surface area contributed by atoms with Crippen LogP contribution in [-0.2, 0) is 4.74 Å². The number of rotatable bonds is 5. The zero-order valence-electron chi connectivity index (χ0n) is 12.7. The molecule has 20 heavy (non-hydrogen) atoms. The molecule has 0 aliphatic heterocycles. The van der Waals surface area contributed by atoms with E-state index in [1.165, 1.54) is 6.42 Å². The molecule has 0 bridgehead atoms. The highest BCUT2D eigenvalue weighted by Gasteiger charge is 2.25. The first-order valence-electron chi connectivity index (χ1n) is 7.53. The number of hydrogen-bond donors (Lipinski definition) is 1. The van der Waals surface area contributed by atoms with Gasteiger partial charge in [0.15, 0.2) is 0 Å². The van der Waals surface area contributed by atoms with Crippen LogP contribution in [0.5, 0.6) is 5.75 Å². The van der Waals surface area contributed by atoms with Crippen LogP contribution in [0.25, 0.3) is 0 Å². The molecule has 1 N–H and O–H groups in total. The fourth-order valence-electron chi connectivity index (χ4n) is 2.80. The fourth-order valence-corrected chi connectivity index (χ4v) is 2.80. The van der Waals surface area contributed by atoms with Crippen LogP contribution >= 0.6 is 0 Å². The van der Waals surface area contributed by atoms with E-state index in [1.54, 1.807) is 7.11 Å². The van der Waals surface area contributed by atoms with Gasteiger partial charge in [-0.25, -0.2) is 0 Å². The number of hydrogen-bond acceptors (Lipinski definition) is 3. The van der Waals surface area contributed by atoms with Gasteiger partial charge in [0.05, 0.1) is 19.8 Å². The topological polar surface area (TPSA) is 38.7 Å². The summed E-state index contributed by atoms with van der Waals surface area (Å²) in [7, 11) is 1.64. The summed E-state index contributed by atoms with van der Waals surface area (Å²) < 4.78 is 11.0. The molecule has 4 atom stereocenters. The molecule has 0 amide bonds. The summed E-state index contributed by atoms with van der Waals surface area (Å²) in [4.78, 5) is 0. The van der Waals surface area contributed by atoms with Crippen molar-refractivity contribution < 1.29 is 14.6 Å². The molecule has 0 saturated heterocycles. The number of aliphatic hydroxyl groups excluding tert-OH is 1. The highest BCUT2D eigenvalue weighted by Crippen LogP contribution is 2.31. The van der Waals surface area contributed by atoms with Gasteiger partial charge in [0, 0.05) is 0 Å². The molecule has 1 aliphatic rings. The smallest absolute Gasteiger partial charge is 0.118 e. The molecule has 4 unspecified atom stereocenters. The minimum atomic E-state index is -0.560. The summed E-state index contributed by atoms with van der Waals surface area (Å²) in [6, 6.07) is 7.50. The van der Waals surface area contributed by atoms with E-state index < -0.39 is 6.10 Å². The van der Waals surface area contributed by atoms with Crippen LogP contribution in [-0.4, -0.2) is 24.9 Å². The molecule has 0 spiro atoms. The first-order valence-corrected chi connectivity index (χ1v) is 7.53. The molecule has 0 heterocycles. The maximum atomic E-state index is 10.2. The van der Waals surface area contributed by atoms with Gasteiger partial charge in [-0.1, -0.05) is 26.0 Å². The normalized spacial score (nSPS) is 28.1. The average molecular weight is 278 g/mol. The van der Waals surface area contributed by atoms with Crippen molar-refractivity contribution in [1.29, 1.82) is 0 Å². The third-order valence-corrected chi connectivity index (χ3v) is 4.54. The summed E-state index contributed by atoms with van der Waals surface area (Å²) in [5.74, 6) is 2.31. The number of methoxy groups -OCH3 is 1. The zero-order chi connectivity index (χ0) is 14.5. The lowest BCUT2D eigenvalue weighted by Gasteiger charge is -2.32. The molecule has 0 aromatic heterocycles. The van der Waals surface area contributed by atoms with Crippen molar-refractivity contribution in [2.24, 2.45) is 11.8 Å². The Morgan fingerprint density at radius 1 is 1.15 bits per heavy atom. The van der Waals surface area contributed by atoms with Crippen molar-refractivity contribution in [3.05, 3.63) is 29.8 Å². The van der Waals surface area contributed by atoms with Crippen LogP contribution in [0.15, 0.2) is 24.3 Å². The Labute approximate surface area is 121 Å². The molecule has 2 rings (SSSR count). The van der Waals surface area contributed by atoms with Gasteiger partial charge in [0.1, 0.15) is 11.9 Å². The van der Waals surface area contributed by atoms with E-state index in [1.807, 2.05) is 24.3 Å². The molecule has 1 aromatic rings. The number of aliphatic hydroxyl groups is 1. The summed E-state index contributed by atoms with van der Waals surface area (Å²) >= 11 is 0. The third kappa shape index (κ3) is 3.97. The zero-order valence-corrected chi connectivity index (χ0v) is 12.7. The van der Waals surface area contributed by atoms with Crippen LogP contribution in [0.1, 0.15) is 44.8 Å². The van der Waals surface area contributed by atoms with Crippen LogP contribution < -0.4 is 4.74 Å². The van der Waals surface area contributed by atoms with E-state index in [0.717, 1.165) is 30.1 Å². The fraction of sp³-hybridized carbons (Fsp3) is 0.647. The Hall–Kier alpha value is -1.06. The largest absolute Gasteiger partial charge is 0.497 e. The van der Waals surface area contributed by atoms with Gasteiger partial charge in [-0.2, -0.15) is 0 Å². The van der Waals surface area contributed by atoms with Gasteiger partial charge in [-0.05, 0) is 48.8 Å². The molecule has 112 valence electrons. The van der Waals surface area contributed by atoms with Crippen molar-refractivity contribution in [2.45, 2.75) is 45.3 Å². The van der Waals surface area contributed by atoms with Crippen LogP contribution in [0, 0.1) is 11.8 Å². The molecule has 1 fully saturated rings. The van der Waals surface area contributed by atoms with E-state index in [9.17, 15) is 5.11 Å². The number of ether oxygens (including phenoxy) is 2. The first kappa shape index (κ1) is 15.3. The first-order chi connectivity index (χ1) is 9.60. The monoisotopic (exact) mass is 278 g/mol. The van der Waals surface area contributed by atoms with Crippen molar-refractivity contribution >= 4 is 0 Å². The van der Waals surface area contributed by atoms with Crippen LogP contribution in [0.4, 0.5) is 0 Å². The standard InChI is InChI=1S/C17H26O3/c1-12-4-7-16(10-13(12)2)20-11-17(18)14-5-8-15(19-3)9-6-14/h5-6,8-9,12-13,16-18H,4,7,10-11H2,1-3H3. The molecule has 3 heteroatoms. The lowest BCUT2D eigenvalue weighted by atomic mass is 9.80. The predicted octanol–water partition coefficient (Wildman–Crippen LogP) is 3.57. The van der Waals surface area contributed by atoms with Crippen LogP contribution in [0.2, 0.25) is 0 Å². The summed E-state index contributed by atoms with van der Waals surface area (Å²) in [5, 5.41) is 10.2. The molecule has 1 saturated carbocycles. The lowest BCUT2D eigenvalue weighted by Crippen LogP contribution is -2.28. The minimum absolute atomic E-state index is 0.300. The van der Waals surface area contributed by atoms with E-state index >= 15 is 0 Å². The highest BCUT2D eigenvalue weighted by atomic mass is 16.5. The molecule has 0 radical (unpaired) electrons. The van der Waals surface area contributed by atoms with Crippen molar-refractivity contribution in [1.82, 2.24) is 0 Å². The Morgan fingerprint density at radius 2 is 1.85 bits per heavy atom. The maximum absolute atomic E-state index is 10.2. The Balaban J connectivity index is 1.81. The van der Waals surface area contributed by atoms with Crippen LogP contribution in [0.3, 0.4) is 0 Å². The quantitative estimate of drug-likeness (QED) is 0.895. The third-order valence-electron chi connectivity index (χ3n) is 4.54. The van der Waals surface area contributed by atoms with E-state index in [0.29, 0.717) is 18.6 Å².